The van der Waals surface area contributed by atoms with Crippen LogP contribution in [0.1, 0.15) is 12.1 Å². The number of primary sulfonamides is 1. The van der Waals surface area contributed by atoms with E-state index in [2.05, 4.69) is 5.10 Å². The molecule has 0 saturated heterocycles. The highest BCUT2D eigenvalue weighted by Gasteiger charge is 2.22. The Morgan fingerprint density at radius 3 is 2.18 bits per heavy atom. The molecule has 5 nitrogen and oxygen atoms in total. The second-order valence-electron chi connectivity index (χ2n) is 6.05. The van der Waals surface area contributed by atoms with E-state index in [9.17, 15) is 21.6 Å². The van der Waals surface area contributed by atoms with Crippen LogP contribution in [-0.2, 0) is 10.0 Å². The Hall–Kier alpha value is -2.62. The molecule has 4 aromatic rings. The van der Waals surface area contributed by atoms with Gasteiger partial charge in [-0.3, -0.25) is 0 Å². The number of halogens is 4. The van der Waals surface area contributed by atoms with Crippen LogP contribution >= 0.6 is 11.6 Å². The molecule has 0 unspecified atom stereocenters. The summed E-state index contributed by atoms with van der Waals surface area (Å²) >= 11 is 6.03. The molecule has 1 heterocycles. The molecule has 0 radical (unpaired) electrons. The quantitative estimate of drug-likeness (QED) is 0.522. The fourth-order valence-electron chi connectivity index (χ4n) is 3.10. The molecule has 0 atom stereocenters. The molecule has 0 aliphatic carbocycles. The van der Waals surface area contributed by atoms with Gasteiger partial charge in [0, 0.05) is 16.2 Å². The van der Waals surface area contributed by atoms with Gasteiger partial charge in [0.15, 0.2) is 0 Å². The maximum absolute atomic E-state index is 13.8. The first-order valence-corrected chi connectivity index (χ1v) is 9.81. The van der Waals surface area contributed by atoms with E-state index in [0.717, 1.165) is 6.07 Å². The molecule has 0 aliphatic rings. The smallest absolute Gasteiger partial charge is 0.232 e. The summed E-state index contributed by atoms with van der Waals surface area (Å²) in [6, 6.07) is 10.7. The van der Waals surface area contributed by atoms with Gasteiger partial charge in [0.05, 0.1) is 21.1 Å². The van der Waals surface area contributed by atoms with Crippen molar-refractivity contribution in [3.05, 3.63) is 65.1 Å². The third-order valence-electron chi connectivity index (χ3n) is 4.37. The Bertz CT molecular complexity index is 1340. The van der Waals surface area contributed by atoms with E-state index >= 15 is 0 Å². The van der Waals surface area contributed by atoms with Crippen molar-refractivity contribution in [2.45, 2.75) is 11.3 Å². The number of nitrogens with two attached hydrogens (primary N) is 1. The van der Waals surface area contributed by atoms with Crippen molar-refractivity contribution in [1.29, 1.82) is 0 Å². The number of hydrogen-bond acceptors (Lipinski definition) is 3. The number of benzene rings is 3. The van der Waals surface area contributed by atoms with Gasteiger partial charge in [-0.1, -0.05) is 17.7 Å². The summed E-state index contributed by atoms with van der Waals surface area (Å²) in [6.07, 6.45) is -2.85. The third kappa shape index (κ3) is 2.92. The average Bonchev–Trinajstić information content (AvgIpc) is 3.04. The van der Waals surface area contributed by atoms with Gasteiger partial charge in [0.2, 0.25) is 10.0 Å². The Balaban J connectivity index is 2.07. The normalized spacial score (nSPS) is 12.4. The van der Waals surface area contributed by atoms with Gasteiger partial charge in [-0.05, 0) is 42.5 Å². The largest absolute Gasteiger partial charge is 0.282 e. The topological polar surface area (TPSA) is 78.0 Å². The van der Waals surface area contributed by atoms with E-state index < -0.39 is 28.0 Å². The van der Waals surface area contributed by atoms with Crippen molar-refractivity contribution in [2.24, 2.45) is 5.14 Å². The van der Waals surface area contributed by atoms with Crippen molar-refractivity contribution in [3.8, 4) is 5.69 Å². The van der Waals surface area contributed by atoms with Crippen LogP contribution in [0.15, 0.2) is 53.4 Å². The molecule has 0 saturated carbocycles. The van der Waals surface area contributed by atoms with E-state index in [1.54, 1.807) is 0 Å². The maximum atomic E-state index is 13.8. The van der Waals surface area contributed by atoms with E-state index in [1.165, 1.54) is 47.1 Å². The van der Waals surface area contributed by atoms with E-state index in [0.29, 0.717) is 22.0 Å². The SMILES string of the molecule is NS(=O)(=O)c1ccc(-n2nc(C(F)F)c3ccc4c(Cl)c(F)ccc4c32)cc1. The Morgan fingerprint density at radius 1 is 0.964 bits per heavy atom. The second-order valence-corrected chi connectivity index (χ2v) is 7.99. The predicted molar refractivity (Wildman–Crippen MR) is 99.9 cm³/mol. The molecule has 0 bridgehead atoms. The van der Waals surface area contributed by atoms with E-state index in [-0.39, 0.29) is 15.3 Å². The highest BCUT2D eigenvalue weighted by molar-refractivity contribution is 7.89. The molecule has 1 aromatic heterocycles. The van der Waals surface area contributed by atoms with Crippen LogP contribution in [0, 0.1) is 5.82 Å². The van der Waals surface area contributed by atoms with Gasteiger partial charge in [-0.25, -0.2) is 31.4 Å². The van der Waals surface area contributed by atoms with E-state index in [4.69, 9.17) is 16.7 Å². The Morgan fingerprint density at radius 2 is 1.57 bits per heavy atom. The van der Waals surface area contributed by atoms with Crippen LogP contribution < -0.4 is 5.14 Å². The number of nitrogens with zero attached hydrogens (tertiary/aromatic N) is 2. The number of sulfonamides is 1. The van der Waals surface area contributed by atoms with Crippen molar-refractivity contribution in [3.63, 3.8) is 0 Å². The van der Waals surface area contributed by atoms with Crippen molar-refractivity contribution in [2.75, 3.05) is 0 Å². The van der Waals surface area contributed by atoms with E-state index in [1.807, 2.05) is 0 Å². The molecule has 0 fully saturated rings. The minimum absolute atomic E-state index is 0.128. The fourth-order valence-corrected chi connectivity index (χ4v) is 3.84. The molecule has 4 rings (SSSR count). The van der Waals surface area contributed by atoms with Gasteiger partial charge in [-0.15, -0.1) is 0 Å². The van der Waals surface area contributed by atoms with Gasteiger partial charge < -0.3 is 0 Å². The summed E-state index contributed by atoms with van der Waals surface area (Å²) in [6.45, 7) is 0. The lowest BCUT2D eigenvalue weighted by Gasteiger charge is -2.08. The molecular formula is C18H11ClF3N3O2S. The molecule has 3 aromatic carbocycles. The number of rotatable bonds is 3. The number of aromatic nitrogens is 2. The number of alkyl halides is 2. The molecule has 10 heteroatoms. The lowest BCUT2D eigenvalue weighted by Crippen LogP contribution is -2.12. The standard InChI is InChI=1S/C18H11ClF3N3O2S/c19-15-11-5-6-13-16(18(21)22)24-25(17(13)12(11)7-8-14(15)20)9-1-3-10(4-2-9)28(23,26)27/h1-8,18H,(H2,23,26,27). The number of hydrogen-bond donors (Lipinski definition) is 1. The lowest BCUT2D eigenvalue weighted by molar-refractivity contribution is 0.147. The maximum Gasteiger partial charge on any atom is 0.282 e. The van der Waals surface area contributed by atoms with Crippen molar-refractivity contribution in [1.82, 2.24) is 9.78 Å². The predicted octanol–water partition coefficient (Wildman–Crippen LogP) is 4.56. The van der Waals surface area contributed by atoms with Crippen LogP contribution in [-0.4, -0.2) is 18.2 Å². The van der Waals surface area contributed by atoms with Crippen LogP contribution in [0.3, 0.4) is 0 Å². The first-order valence-electron chi connectivity index (χ1n) is 7.89. The van der Waals surface area contributed by atoms with Gasteiger partial charge in [0.25, 0.3) is 6.43 Å². The highest BCUT2D eigenvalue weighted by Crippen LogP contribution is 2.37. The monoisotopic (exact) mass is 425 g/mol. The minimum Gasteiger partial charge on any atom is -0.232 e. The van der Waals surface area contributed by atoms with Gasteiger partial charge in [0.1, 0.15) is 11.5 Å². The van der Waals surface area contributed by atoms with Crippen molar-refractivity contribution < 1.29 is 21.6 Å². The summed E-state index contributed by atoms with van der Waals surface area (Å²) in [5, 5.41) is 9.91. The Labute approximate surface area is 162 Å². The molecular weight excluding hydrogens is 415 g/mol. The second kappa shape index (κ2) is 6.47. The summed E-state index contributed by atoms with van der Waals surface area (Å²) in [5.74, 6) is -0.633. The summed E-state index contributed by atoms with van der Waals surface area (Å²) < 4.78 is 65.0. The highest BCUT2D eigenvalue weighted by atomic mass is 35.5. The fraction of sp³-hybridized carbons (Fsp3) is 0.0556. The zero-order valence-corrected chi connectivity index (χ0v) is 15.5. The third-order valence-corrected chi connectivity index (χ3v) is 5.68. The summed E-state index contributed by atoms with van der Waals surface area (Å²) in [7, 11) is -3.91. The van der Waals surface area contributed by atoms with Gasteiger partial charge >= 0.3 is 0 Å². The average molecular weight is 426 g/mol. The molecule has 144 valence electrons. The van der Waals surface area contributed by atoms with Crippen molar-refractivity contribution >= 4 is 43.3 Å². The summed E-state index contributed by atoms with van der Waals surface area (Å²) in [4.78, 5) is -0.128. The molecule has 0 amide bonds. The molecule has 2 N–H and O–H groups in total. The van der Waals surface area contributed by atoms with Crippen LogP contribution in [0.25, 0.3) is 27.4 Å². The zero-order valence-electron chi connectivity index (χ0n) is 13.9. The lowest BCUT2D eigenvalue weighted by atomic mass is 10.1. The van der Waals surface area contributed by atoms with Gasteiger partial charge in [-0.2, -0.15) is 5.10 Å². The zero-order chi connectivity index (χ0) is 20.2. The number of fused-ring (bicyclic) bond motifs is 3. The molecule has 0 spiro atoms. The first-order chi connectivity index (χ1) is 13.2. The molecule has 28 heavy (non-hydrogen) atoms. The molecule has 0 aliphatic heterocycles. The van der Waals surface area contributed by atoms with Crippen LogP contribution in [0.4, 0.5) is 13.2 Å². The minimum atomic E-state index is -3.91. The summed E-state index contributed by atoms with van der Waals surface area (Å²) in [5.41, 5.74) is 0.183. The first kappa shape index (κ1) is 18.7. The Kier molecular flexibility index (Phi) is 4.33. The van der Waals surface area contributed by atoms with Crippen LogP contribution in [0.5, 0.6) is 0 Å². The van der Waals surface area contributed by atoms with Crippen LogP contribution in [0.2, 0.25) is 5.02 Å².